The molecule has 3 aromatic carbocycles. The van der Waals surface area contributed by atoms with E-state index in [1.807, 2.05) is 24.3 Å². The number of aromatic nitrogens is 1. The summed E-state index contributed by atoms with van der Waals surface area (Å²) in [6.45, 7) is 0. The van der Waals surface area contributed by atoms with E-state index in [9.17, 15) is 13.2 Å². The van der Waals surface area contributed by atoms with Crippen LogP contribution in [0.3, 0.4) is 0 Å². The van der Waals surface area contributed by atoms with Crippen LogP contribution in [0.4, 0.5) is 11.4 Å². The summed E-state index contributed by atoms with van der Waals surface area (Å²) in [5.41, 5.74) is 1.65. The average Bonchev–Trinajstić information content (AvgIpc) is 2.75. The lowest BCUT2D eigenvalue weighted by Crippen LogP contribution is -2.16. The summed E-state index contributed by atoms with van der Waals surface area (Å²) in [5.74, 6) is -0.442. The number of benzene rings is 3. The Balaban J connectivity index is 1.61. The molecule has 0 atom stereocenters. The molecule has 1 amide bonds. The third-order valence-electron chi connectivity index (χ3n) is 4.41. The van der Waals surface area contributed by atoms with E-state index < -0.39 is 15.9 Å². The molecule has 0 aliphatic heterocycles. The van der Waals surface area contributed by atoms with Crippen LogP contribution in [-0.2, 0) is 10.0 Å². The van der Waals surface area contributed by atoms with Crippen LogP contribution in [0.1, 0.15) is 10.4 Å². The molecule has 1 aromatic heterocycles. The Hall–Kier alpha value is -3.42. The van der Waals surface area contributed by atoms with Gasteiger partial charge in [0.25, 0.3) is 15.9 Å². The van der Waals surface area contributed by atoms with Crippen LogP contribution >= 0.6 is 11.6 Å². The fourth-order valence-electron chi connectivity index (χ4n) is 2.95. The first kappa shape index (κ1) is 19.9. The van der Waals surface area contributed by atoms with E-state index >= 15 is 0 Å². The molecular formula is C22H16ClN3O3S. The lowest BCUT2D eigenvalue weighted by atomic mass is 10.1. The van der Waals surface area contributed by atoms with Gasteiger partial charge >= 0.3 is 0 Å². The Morgan fingerprint density at radius 1 is 0.867 bits per heavy atom. The molecular weight excluding hydrogens is 422 g/mol. The van der Waals surface area contributed by atoms with Crippen LogP contribution in [0.25, 0.3) is 10.9 Å². The predicted octanol–water partition coefficient (Wildman–Crippen LogP) is 4.94. The van der Waals surface area contributed by atoms with Crippen molar-refractivity contribution in [3.05, 3.63) is 95.6 Å². The molecule has 4 aromatic rings. The van der Waals surface area contributed by atoms with Gasteiger partial charge in [0.05, 0.1) is 26.8 Å². The number of carbonyl (C=O) groups excluding carboxylic acids is 1. The third kappa shape index (κ3) is 4.12. The van der Waals surface area contributed by atoms with Crippen molar-refractivity contribution in [1.82, 2.24) is 4.98 Å². The Morgan fingerprint density at radius 3 is 2.43 bits per heavy atom. The second-order valence-electron chi connectivity index (χ2n) is 6.45. The molecule has 0 fully saturated rings. The molecule has 0 saturated carbocycles. The number of para-hydroxylation sites is 2. The molecule has 2 N–H and O–H groups in total. The van der Waals surface area contributed by atoms with Gasteiger partial charge in [0.1, 0.15) is 0 Å². The third-order valence-corrected chi connectivity index (χ3v) is 6.10. The van der Waals surface area contributed by atoms with Gasteiger partial charge in [-0.25, -0.2) is 8.42 Å². The summed E-state index contributed by atoms with van der Waals surface area (Å²) in [7, 11) is -3.93. The standard InChI is InChI=1S/C22H16ClN3O3S/c23-18-10-1-2-11-19(18)26-30(28,29)17-9-3-7-16(14-17)22(27)25-20-12-4-6-15-8-5-13-24-21(15)20/h1-14,26H,(H,25,27). The number of anilines is 2. The van der Waals surface area contributed by atoms with E-state index in [1.165, 1.54) is 18.2 Å². The molecule has 0 unspecified atom stereocenters. The molecule has 150 valence electrons. The number of nitrogens with one attached hydrogen (secondary N) is 2. The maximum atomic E-state index is 12.8. The van der Waals surface area contributed by atoms with Gasteiger partial charge in [-0.05, 0) is 42.5 Å². The number of hydrogen-bond donors (Lipinski definition) is 2. The lowest BCUT2D eigenvalue weighted by Gasteiger charge is -2.11. The van der Waals surface area contributed by atoms with Crippen molar-refractivity contribution in [2.24, 2.45) is 0 Å². The minimum absolute atomic E-state index is 0.0499. The number of pyridine rings is 1. The summed E-state index contributed by atoms with van der Waals surface area (Å²) in [4.78, 5) is 17.0. The monoisotopic (exact) mass is 437 g/mol. The maximum Gasteiger partial charge on any atom is 0.261 e. The normalized spacial score (nSPS) is 11.2. The first-order valence-corrected chi connectivity index (χ1v) is 10.8. The number of rotatable bonds is 5. The summed E-state index contributed by atoms with van der Waals surface area (Å²) < 4.78 is 27.9. The first-order chi connectivity index (χ1) is 14.4. The Labute approximate surface area is 178 Å². The van der Waals surface area contributed by atoms with Crippen molar-refractivity contribution >= 4 is 49.8 Å². The zero-order valence-corrected chi connectivity index (χ0v) is 17.1. The molecule has 1 heterocycles. The SMILES string of the molecule is O=C(Nc1cccc2cccnc12)c1cccc(S(=O)(=O)Nc2ccccc2Cl)c1. The highest BCUT2D eigenvalue weighted by Gasteiger charge is 2.18. The van der Waals surface area contributed by atoms with E-state index in [-0.39, 0.29) is 21.2 Å². The first-order valence-electron chi connectivity index (χ1n) is 8.96. The average molecular weight is 438 g/mol. The van der Waals surface area contributed by atoms with Gasteiger partial charge in [-0.3, -0.25) is 14.5 Å². The van der Waals surface area contributed by atoms with E-state index in [0.29, 0.717) is 11.2 Å². The largest absolute Gasteiger partial charge is 0.320 e. The molecule has 0 radical (unpaired) electrons. The van der Waals surface area contributed by atoms with Gasteiger partial charge in [-0.1, -0.05) is 48.0 Å². The van der Waals surface area contributed by atoms with E-state index in [4.69, 9.17) is 11.6 Å². The fourth-order valence-corrected chi connectivity index (χ4v) is 4.32. The minimum atomic E-state index is -3.93. The summed E-state index contributed by atoms with van der Waals surface area (Å²) in [6, 6.07) is 21.5. The van der Waals surface area contributed by atoms with E-state index in [0.717, 1.165) is 5.39 Å². The lowest BCUT2D eigenvalue weighted by molar-refractivity contribution is 0.102. The quantitative estimate of drug-likeness (QED) is 0.462. The predicted molar refractivity (Wildman–Crippen MR) is 118 cm³/mol. The van der Waals surface area contributed by atoms with Crippen molar-refractivity contribution in [1.29, 1.82) is 0 Å². The number of hydrogen-bond acceptors (Lipinski definition) is 4. The van der Waals surface area contributed by atoms with Crippen LogP contribution in [0.15, 0.2) is 90.0 Å². The highest BCUT2D eigenvalue weighted by atomic mass is 35.5. The molecule has 0 spiro atoms. The smallest absolute Gasteiger partial charge is 0.261 e. The molecule has 4 rings (SSSR count). The molecule has 0 saturated heterocycles. The summed E-state index contributed by atoms with van der Waals surface area (Å²) >= 11 is 6.04. The zero-order chi connectivity index (χ0) is 21.1. The van der Waals surface area contributed by atoms with Crippen molar-refractivity contribution in [3.63, 3.8) is 0 Å². The summed E-state index contributed by atoms with van der Waals surface area (Å²) in [6.07, 6.45) is 1.64. The number of halogens is 1. The molecule has 6 nitrogen and oxygen atoms in total. The van der Waals surface area contributed by atoms with Crippen molar-refractivity contribution < 1.29 is 13.2 Å². The van der Waals surface area contributed by atoms with Crippen molar-refractivity contribution in [3.8, 4) is 0 Å². The van der Waals surface area contributed by atoms with Gasteiger partial charge in [0, 0.05) is 17.1 Å². The molecule has 30 heavy (non-hydrogen) atoms. The zero-order valence-electron chi connectivity index (χ0n) is 15.5. The number of sulfonamides is 1. The number of fused-ring (bicyclic) bond motifs is 1. The number of nitrogens with zero attached hydrogens (tertiary/aromatic N) is 1. The summed E-state index contributed by atoms with van der Waals surface area (Å²) in [5, 5.41) is 3.96. The van der Waals surface area contributed by atoms with Crippen LogP contribution in [-0.4, -0.2) is 19.3 Å². The Morgan fingerprint density at radius 2 is 1.60 bits per heavy atom. The van der Waals surface area contributed by atoms with Crippen LogP contribution in [0.2, 0.25) is 5.02 Å². The maximum absolute atomic E-state index is 12.8. The van der Waals surface area contributed by atoms with E-state index in [1.54, 1.807) is 42.6 Å². The van der Waals surface area contributed by atoms with Crippen molar-refractivity contribution in [2.75, 3.05) is 10.0 Å². The minimum Gasteiger partial charge on any atom is -0.320 e. The fraction of sp³-hybridized carbons (Fsp3) is 0. The Kier molecular flexibility index (Phi) is 5.39. The van der Waals surface area contributed by atoms with E-state index in [2.05, 4.69) is 15.0 Å². The number of amides is 1. The molecule has 8 heteroatoms. The Bertz CT molecular complexity index is 1350. The van der Waals surface area contributed by atoms with Crippen molar-refractivity contribution in [2.45, 2.75) is 4.90 Å². The second kappa shape index (κ2) is 8.14. The van der Waals surface area contributed by atoms with Gasteiger partial charge in [0.2, 0.25) is 0 Å². The van der Waals surface area contributed by atoms with Gasteiger partial charge in [0.15, 0.2) is 0 Å². The van der Waals surface area contributed by atoms with Crippen LogP contribution in [0, 0.1) is 0 Å². The van der Waals surface area contributed by atoms with Gasteiger partial charge < -0.3 is 5.32 Å². The topological polar surface area (TPSA) is 88.2 Å². The van der Waals surface area contributed by atoms with Crippen LogP contribution in [0.5, 0.6) is 0 Å². The number of carbonyl (C=O) groups is 1. The van der Waals surface area contributed by atoms with Gasteiger partial charge in [-0.15, -0.1) is 0 Å². The molecule has 0 bridgehead atoms. The highest BCUT2D eigenvalue weighted by molar-refractivity contribution is 7.92. The second-order valence-corrected chi connectivity index (χ2v) is 8.54. The molecule has 0 aliphatic rings. The highest BCUT2D eigenvalue weighted by Crippen LogP contribution is 2.25. The molecule has 0 aliphatic carbocycles. The van der Waals surface area contributed by atoms with Gasteiger partial charge in [-0.2, -0.15) is 0 Å². The van der Waals surface area contributed by atoms with Crippen LogP contribution < -0.4 is 10.0 Å².